The highest BCUT2D eigenvalue weighted by Crippen LogP contribution is 2.22. The van der Waals surface area contributed by atoms with E-state index in [1.807, 2.05) is 19.9 Å². The number of hydrogen-bond acceptors (Lipinski definition) is 2. The highest BCUT2D eigenvalue weighted by molar-refractivity contribution is 5.82. The number of aromatic amines is 1. The van der Waals surface area contributed by atoms with Crippen molar-refractivity contribution in [3.8, 4) is 11.5 Å². The van der Waals surface area contributed by atoms with Gasteiger partial charge in [-0.25, -0.2) is 14.4 Å². The molecule has 18 heavy (non-hydrogen) atoms. The molecule has 0 spiro atoms. The molecule has 0 saturated carbocycles. The lowest BCUT2D eigenvalue weighted by Crippen LogP contribution is -1.86. The van der Waals surface area contributed by atoms with Crippen LogP contribution in [0.3, 0.4) is 0 Å². The second-order valence-electron chi connectivity index (χ2n) is 4.43. The SMILES string of the molecule is Cc1cc(C)c2nc(-c3ccc(F)cn3)[nH]c2c1. The van der Waals surface area contributed by atoms with Crippen LogP contribution in [0.25, 0.3) is 22.6 Å². The quantitative estimate of drug-likeness (QED) is 0.709. The molecule has 3 rings (SSSR count). The first-order chi connectivity index (χ1) is 8.63. The number of nitrogens with one attached hydrogen (secondary N) is 1. The Balaban J connectivity index is 2.19. The lowest BCUT2D eigenvalue weighted by molar-refractivity contribution is 0.621. The number of aryl methyl sites for hydroxylation is 2. The van der Waals surface area contributed by atoms with E-state index in [2.05, 4.69) is 21.0 Å². The lowest BCUT2D eigenvalue weighted by atomic mass is 10.1. The maximum Gasteiger partial charge on any atom is 0.157 e. The number of benzene rings is 1. The van der Waals surface area contributed by atoms with E-state index in [-0.39, 0.29) is 5.82 Å². The molecule has 1 N–H and O–H groups in total. The van der Waals surface area contributed by atoms with E-state index in [1.54, 1.807) is 6.07 Å². The van der Waals surface area contributed by atoms with Crippen LogP contribution >= 0.6 is 0 Å². The van der Waals surface area contributed by atoms with Gasteiger partial charge in [-0.1, -0.05) is 6.07 Å². The zero-order valence-corrected chi connectivity index (χ0v) is 10.2. The van der Waals surface area contributed by atoms with Crippen LogP contribution < -0.4 is 0 Å². The predicted molar refractivity (Wildman–Crippen MR) is 68.8 cm³/mol. The van der Waals surface area contributed by atoms with E-state index in [0.29, 0.717) is 11.5 Å². The molecule has 4 heteroatoms. The second-order valence-corrected chi connectivity index (χ2v) is 4.43. The summed E-state index contributed by atoms with van der Waals surface area (Å²) in [7, 11) is 0. The maximum absolute atomic E-state index is 12.8. The van der Waals surface area contributed by atoms with Crippen LogP contribution in [0.2, 0.25) is 0 Å². The van der Waals surface area contributed by atoms with E-state index in [1.165, 1.54) is 17.8 Å². The summed E-state index contributed by atoms with van der Waals surface area (Å²) >= 11 is 0. The monoisotopic (exact) mass is 241 g/mol. The van der Waals surface area contributed by atoms with Crippen LogP contribution in [-0.4, -0.2) is 15.0 Å². The summed E-state index contributed by atoms with van der Waals surface area (Å²) in [5.74, 6) is 0.320. The van der Waals surface area contributed by atoms with Gasteiger partial charge in [0.25, 0.3) is 0 Å². The third kappa shape index (κ3) is 1.76. The Morgan fingerprint density at radius 3 is 2.72 bits per heavy atom. The molecule has 0 unspecified atom stereocenters. The van der Waals surface area contributed by atoms with Gasteiger partial charge >= 0.3 is 0 Å². The van der Waals surface area contributed by atoms with Crippen molar-refractivity contribution in [3.05, 3.63) is 47.4 Å². The largest absolute Gasteiger partial charge is 0.337 e. The molecule has 0 bridgehead atoms. The average Bonchev–Trinajstić information content (AvgIpc) is 2.74. The predicted octanol–water partition coefficient (Wildman–Crippen LogP) is 3.38. The highest BCUT2D eigenvalue weighted by Gasteiger charge is 2.08. The van der Waals surface area contributed by atoms with Crippen LogP contribution in [0.15, 0.2) is 30.5 Å². The van der Waals surface area contributed by atoms with Crippen LogP contribution in [0.5, 0.6) is 0 Å². The number of imidazole rings is 1. The summed E-state index contributed by atoms with van der Waals surface area (Å²) in [5.41, 5.74) is 4.86. The van der Waals surface area contributed by atoms with Gasteiger partial charge in [-0.3, -0.25) is 0 Å². The van der Waals surface area contributed by atoms with Crippen molar-refractivity contribution in [2.45, 2.75) is 13.8 Å². The lowest BCUT2D eigenvalue weighted by Gasteiger charge is -1.96. The van der Waals surface area contributed by atoms with Crippen LogP contribution in [-0.2, 0) is 0 Å². The van der Waals surface area contributed by atoms with Crippen molar-refractivity contribution in [2.75, 3.05) is 0 Å². The number of nitrogens with zero attached hydrogens (tertiary/aromatic N) is 2. The summed E-state index contributed by atoms with van der Waals surface area (Å²) in [6.07, 6.45) is 1.20. The summed E-state index contributed by atoms with van der Waals surface area (Å²) in [4.78, 5) is 11.8. The molecule has 0 amide bonds. The fraction of sp³-hybridized carbons (Fsp3) is 0.143. The normalized spacial score (nSPS) is 11.1. The zero-order chi connectivity index (χ0) is 12.7. The molecule has 2 aromatic heterocycles. The van der Waals surface area contributed by atoms with Crippen molar-refractivity contribution in [1.82, 2.24) is 15.0 Å². The number of rotatable bonds is 1. The minimum absolute atomic E-state index is 0.345. The summed E-state index contributed by atoms with van der Waals surface area (Å²) < 4.78 is 12.8. The Hall–Kier alpha value is -2.23. The van der Waals surface area contributed by atoms with E-state index >= 15 is 0 Å². The minimum atomic E-state index is -0.345. The van der Waals surface area contributed by atoms with E-state index in [4.69, 9.17) is 0 Å². The van der Waals surface area contributed by atoms with E-state index in [0.717, 1.165) is 16.6 Å². The molecule has 0 fully saturated rings. The smallest absolute Gasteiger partial charge is 0.157 e. The molecule has 0 saturated heterocycles. The Morgan fingerprint density at radius 1 is 1.17 bits per heavy atom. The standard InChI is InChI=1S/C14H12FN3/c1-8-5-9(2)13-12(6-8)17-14(18-13)11-4-3-10(15)7-16-11/h3-7H,1-2H3,(H,17,18). The molecular formula is C14H12FN3. The average molecular weight is 241 g/mol. The number of aromatic nitrogens is 3. The number of H-pyrrole nitrogens is 1. The third-order valence-electron chi connectivity index (χ3n) is 2.89. The van der Waals surface area contributed by atoms with Gasteiger partial charge in [0.15, 0.2) is 5.82 Å². The van der Waals surface area contributed by atoms with Gasteiger partial charge < -0.3 is 4.98 Å². The van der Waals surface area contributed by atoms with Gasteiger partial charge in [0, 0.05) is 0 Å². The van der Waals surface area contributed by atoms with Crippen molar-refractivity contribution in [3.63, 3.8) is 0 Å². The van der Waals surface area contributed by atoms with Crippen LogP contribution in [0, 0.1) is 19.7 Å². The second kappa shape index (κ2) is 3.91. The van der Waals surface area contributed by atoms with Crippen molar-refractivity contribution in [1.29, 1.82) is 0 Å². The van der Waals surface area contributed by atoms with Gasteiger partial charge in [-0.15, -0.1) is 0 Å². The van der Waals surface area contributed by atoms with Crippen LogP contribution in [0.4, 0.5) is 4.39 Å². The first kappa shape index (κ1) is 10.9. The molecule has 0 aliphatic heterocycles. The molecule has 0 atom stereocenters. The van der Waals surface area contributed by atoms with E-state index < -0.39 is 0 Å². The molecule has 0 aliphatic carbocycles. The fourth-order valence-corrected chi connectivity index (χ4v) is 2.11. The summed E-state index contributed by atoms with van der Waals surface area (Å²) in [5, 5.41) is 0. The first-order valence-corrected chi connectivity index (χ1v) is 5.72. The molecule has 3 aromatic rings. The molecule has 1 aromatic carbocycles. The highest BCUT2D eigenvalue weighted by atomic mass is 19.1. The van der Waals surface area contributed by atoms with Gasteiger partial charge in [0.05, 0.1) is 17.2 Å². The topological polar surface area (TPSA) is 41.6 Å². The Morgan fingerprint density at radius 2 is 2.00 bits per heavy atom. The number of halogens is 1. The number of fused-ring (bicyclic) bond motifs is 1. The van der Waals surface area contributed by atoms with E-state index in [9.17, 15) is 4.39 Å². The molecule has 90 valence electrons. The van der Waals surface area contributed by atoms with Crippen molar-refractivity contribution in [2.24, 2.45) is 0 Å². The molecule has 0 radical (unpaired) electrons. The first-order valence-electron chi connectivity index (χ1n) is 5.72. The van der Waals surface area contributed by atoms with Crippen LogP contribution in [0.1, 0.15) is 11.1 Å². The minimum Gasteiger partial charge on any atom is -0.337 e. The Labute approximate surface area is 104 Å². The summed E-state index contributed by atoms with van der Waals surface area (Å²) in [6.45, 7) is 4.07. The van der Waals surface area contributed by atoms with Gasteiger partial charge in [0.1, 0.15) is 11.5 Å². The molecule has 2 heterocycles. The zero-order valence-electron chi connectivity index (χ0n) is 10.2. The summed E-state index contributed by atoms with van der Waals surface area (Å²) in [6, 6.07) is 7.14. The Bertz CT molecular complexity index is 714. The molecule has 0 aliphatic rings. The third-order valence-corrected chi connectivity index (χ3v) is 2.89. The van der Waals surface area contributed by atoms with Crippen molar-refractivity contribution >= 4 is 11.0 Å². The van der Waals surface area contributed by atoms with Crippen molar-refractivity contribution < 1.29 is 4.39 Å². The van der Waals surface area contributed by atoms with Gasteiger partial charge in [-0.05, 0) is 43.2 Å². The van der Waals surface area contributed by atoms with Gasteiger partial charge in [-0.2, -0.15) is 0 Å². The number of pyridine rings is 1. The van der Waals surface area contributed by atoms with Gasteiger partial charge in [0.2, 0.25) is 0 Å². The fourth-order valence-electron chi connectivity index (χ4n) is 2.11. The maximum atomic E-state index is 12.8. The Kier molecular flexibility index (Phi) is 2.37. The molecular weight excluding hydrogens is 229 g/mol. The molecule has 3 nitrogen and oxygen atoms in total. The number of hydrogen-bond donors (Lipinski definition) is 1.